The summed E-state index contributed by atoms with van der Waals surface area (Å²) in [5, 5.41) is 4.10. The summed E-state index contributed by atoms with van der Waals surface area (Å²) in [6, 6.07) is 0. The van der Waals surface area contributed by atoms with Gasteiger partial charge in [-0.15, -0.1) is 6.42 Å². The molecule has 1 unspecified atom stereocenters. The van der Waals surface area contributed by atoms with Crippen LogP contribution < -0.4 is 4.74 Å². The van der Waals surface area contributed by atoms with Gasteiger partial charge in [0, 0.05) is 14.0 Å². The molecule has 5 heteroatoms. The molecule has 0 aliphatic rings. The second-order valence-electron chi connectivity index (χ2n) is 3.41. The van der Waals surface area contributed by atoms with Crippen LogP contribution in [0, 0.1) is 12.3 Å². The standard InChI is InChI=1S/C11H15N3O2/c1-5-6-16-11-7-12-14(8-11)9(2)13(4)10(3)15/h1,7-9H,6H2,2-4H3. The Kier molecular flexibility index (Phi) is 3.95. The normalized spacial score (nSPS) is 11.6. The molecule has 1 amide bonds. The van der Waals surface area contributed by atoms with Crippen LogP contribution in [0.4, 0.5) is 0 Å². The third kappa shape index (κ3) is 2.76. The Hall–Kier alpha value is -1.96. The molecule has 86 valence electrons. The molecule has 5 nitrogen and oxygen atoms in total. The van der Waals surface area contributed by atoms with E-state index in [0.29, 0.717) is 5.75 Å². The monoisotopic (exact) mass is 221 g/mol. The van der Waals surface area contributed by atoms with E-state index < -0.39 is 0 Å². The van der Waals surface area contributed by atoms with Gasteiger partial charge in [0.25, 0.3) is 0 Å². The first-order valence-corrected chi connectivity index (χ1v) is 4.90. The lowest BCUT2D eigenvalue weighted by molar-refractivity contribution is -0.131. The maximum atomic E-state index is 11.2. The van der Waals surface area contributed by atoms with Crippen molar-refractivity contribution >= 4 is 5.91 Å². The number of carbonyl (C=O) groups excluding carboxylic acids is 1. The predicted molar refractivity (Wildman–Crippen MR) is 59.7 cm³/mol. The van der Waals surface area contributed by atoms with Gasteiger partial charge in [-0.2, -0.15) is 5.10 Å². The van der Waals surface area contributed by atoms with E-state index in [0.717, 1.165) is 0 Å². The fourth-order valence-corrected chi connectivity index (χ4v) is 1.17. The fourth-order valence-electron chi connectivity index (χ4n) is 1.17. The van der Waals surface area contributed by atoms with Gasteiger partial charge < -0.3 is 9.64 Å². The molecule has 0 N–H and O–H groups in total. The number of carbonyl (C=O) groups is 1. The highest BCUT2D eigenvalue weighted by Gasteiger charge is 2.14. The number of amides is 1. The van der Waals surface area contributed by atoms with Crippen LogP contribution in [0.1, 0.15) is 20.0 Å². The van der Waals surface area contributed by atoms with E-state index in [1.165, 1.54) is 6.92 Å². The van der Waals surface area contributed by atoms with Gasteiger partial charge in [0.15, 0.2) is 5.75 Å². The first-order valence-electron chi connectivity index (χ1n) is 4.90. The van der Waals surface area contributed by atoms with Crippen molar-refractivity contribution in [1.29, 1.82) is 0 Å². The number of hydrogen-bond acceptors (Lipinski definition) is 3. The molecule has 0 saturated heterocycles. The minimum absolute atomic E-state index is 0.0194. The minimum atomic E-state index is -0.152. The molecule has 0 aliphatic carbocycles. The molecule has 0 aromatic carbocycles. The molecule has 0 bridgehead atoms. The van der Waals surface area contributed by atoms with Crippen LogP contribution in [-0.4, -0.2) is 34.2 Å². The number of aromatic nitrogens is 2. The van der Waals surface area contributed by atoms with E-state index in [-0.39, 0.29) is 18.7 Å². The summed E-state index contributed by atoms with van der Waals surface area (Å²) < 4.78 is 6.85. The average molecular weight is 221 g/mol. The highest BCUT2D eigenvalue weighted by atomic mass is 16.5. The Morgan fingerprint density at radius 1 is 1.81 bits per heavy atom. The molecule has 0 radical (unpaired) electrons. The van der Waals surface area contributed by atoms with Crippen LogP contribution in [0.2, 0.25) is 0 Å². The van der Waals surface area contributed by atoms with Gasteiger partial charge in [0.05, 0.1) is 12.4 Å². The largest absolute Gasteiger partial charge is 0.478 e. The Balaban J connectivity index is 2.70. The summed E-state index contributed by atoms with van der Waals surface area (Å²) >= 11 is 0. The number of hydrogen-bond donors (Lipinski definition) is 0. The summed E-state index contributed by atoms with van der Waals surface area (Å²) in [6.07, 6.45) is 8.20. The molecule has 1 aromatic rings. The third-order valence-electron chi connectivity index (χ3n) is 2.34. The average Bonchev–Trinajstić information content (AvgIpc) is 2.72. The SMILES string of the molecule is C#CCOc1cnn(C(C)N(C)C(C)=O)c1. The van der Waals surface area contributed by atoms with Crippen molar-refractivity contribution in [2.24, 2.45) is 0 Å². The van der Waals surface area contributed by atoms with Crippen molar-refractivity contribution in [3.63, 3.8) is 0 Å². The zero-order valence-electron chi connectivity index (χ0n) is 9.67. The van der Waals surface area contributed by atoms with Gasteiger partial charge >= 0.3 is 0 Å². The van der Waals surface area contributed by atoms with Crippen molar-refractivity contribution in [3.05, 3.63) is 12.4 Å². The van der Waals surface area contributed by atoms with Gasteiger partial charge in [-0.25, -0.2) is 4.68 Å². The summed E-state index contributed by atoms with van der Waals surface area (Å²) in [6.45, 7) is 3.59. The highest BCUT2D eigenvalue weighted by molar-refractivity contribution is 5.72. The summed E-state index contributed by atoms with van der Waals surface area (Å²) in [7, 11) is 1.72. The molecule has 1 aromatic heterocycles. The van der Waals surface area contributed by atoms with E-state index in [4.69, 9.17) is 11.2 Å². The minimum Gasteiger partial charge on any atom is -0.478 e. The van der Waals surface area contributed by atoms with E-state index in [9.17, 15) is 4.79 Å². The summed E-state index contributed by atoms with van der Waals surface area (Å²) in [4.78, 5) is 12.7. The lowest BCUT2D eigenvalue weighted by Gasteiger charge is -2.23. The van der Waals surface area contributed by atoms with Crippen LogP contribution in [0.15, 0.2) is 12.4 Å². The second-order valence-corrected chi connectivity index (χ2v) is 3.41. The van der Waals surface area contributed by atoms with E-state index in [1.807, 2.05) is 6.92 Å². The van der Waals surface area contributed by atoms with Crippen molar-refractivity contribution in [2.75, 3.05) is 13.7 Å². The number of ether oxygens (including phenoxy) is 1. The fraction of sp³-hybridized carbons (Fsp3) is 0.455. The van der Waals surface area contributed by atoms with Crippen molar-refractivity contribution < 1.29 is 9.53 Å². The maximum absolute atomic E-state index is 11.2. The van der Waals surface area contributed by atoms with Crippen LogP contribution in [0.25, 0.3) is 0 Å². The predicted octanol–water partition coefficient (Wildman–Crippen LogP) is 0.892. The first kappa shape index (κ1) is 12.1. The summed E-state index contributed by atoms with van der Waals surface area (Å²) in [5.74, 6) is 2.95. The Labute approximate surface area is 95.0 Å². The van der Waals surface area contributed by atoms with Gasteiger partial charge in [0.1, 0.15) is 12.8 Å². The second kappa shape index (κ2) is 5.21. The molecular weight excluding hydrogens is 206 g/mol. The maximum Gasteiger partial charge on any atom is 0.220 e. The van der Waals surface area contributed by atoms with E-state index in [1.54, 1.807) is 29.0 Å². The summed E-state index contributed by atoms with van der Waals surface area (Å²) in [5.41, 5.74) is 0. The van der Waals surface area contributed by atoms with Gasteiger partial charge in [-0.3, -0.25) is 4.79 Å². The molecule has 1 rings (SSSR count). The topological polar surface area (TPSA) is 47.4 Å². The van der Waals surface area contributed by atoms with Crippen molar-refractivity contribution in [2.45, 2.75) is 20.0 Å². The zero-order valence-corrected chi connectivity index (χ0v) is 9.67. The molecule has 16 heavy (non-hydrogen) atoms. The van der Waals surface area contributed by atoms with Crippen LogP contribution in [0.5, 0.6) is 5.75 Å². The van der Waals surface area contributed by atoms with Gasteiger partial charge in [-0.05, 0) is 6.92 Å². The quantitative estimate of drug-likeness (QED) is 0.709. The highest BCUT2D eigenvalue weighted by Crippen LogP contribution is 2.15. The first-order chi connectivity index (χ1) is 7.56. The number of rotatable bonds is 4. The van der Waals surface area contributed by atoms with Crippen LogP contribution in [-0.2, 0) is 4.79 Å². The molecule has 1 atom stereocenters. The van der Waals surface area contributed by atoms with Crippen LogP contribution >= 0.6 is 0 Å². The molecule has 0 spiro atoms. The van der Waals surface area contributed by atoms with Crippen molar-refractivity contribution in [3.8, 4) is 18.1 Å². The van der Waals surface area contributed by atoms with E-state index in [2.05, 4.69) is 11.0 Å². The third-order valence-corrected chi connectivity index (χ3v) is 2.34. The van der Waals surface area contributed by atoms with Gasteiger partial charge in [0.2, 0.25) is 5.91 Å². The zero-order chi connectivity index (χ0) is 12.1. The Bertz CT molecular complexity index is 406. The lowest BCUT2D eigenvalue weighted by atomic mass is 10.4. The molecule has 1 heterocycles. The Morgan fingerprint density at radius 3 is 3.06 bits per heavy atom. The number of nitrogens with zero attached hydrogens (tertiary/aromatic N) is 3. The number of terminal acetylenes is 1. The molecular formula is C11H15N3O2. The molecule has 0 saturated carbocycles. The smallest absolute Gasteiger partial charge is 0.220 e. The van der Waals surface area contributed by atoms with Crippen LogP contribution in [0.3, 0.4) is 0 Å². The molecule has 0 fully saturated rings. The van der Waals surface area contributed by atoms with Gasteiger partial charge in [-0.1, -0.05) is 5.92 Å². The Morgan fingerprint density at radius 2 is 2.50 bits per heavy atom. The van der Waals surface area contributed by atoms with E-state index >= 15 is 0 Å². The lowest BCUT2D eigenvalue weighted by Crippen LogP contribution is -2.31. The molecule has 0 aliphatic heterocycles. The van der Waals surface area contributed by atoms with Crippen molar-refractivity contribution in [1.82, 2.24) is 14.7 Å².